The number of aromatic nitrogens is 1. The summed E-state index contributed by atoms with van der Waals surface area (Å²) in [5.41, 5.74) is -0.982. The lowest BCUT2D eigenvalue weighted by Gasteiger charge is -2.09. The largest absolute Gasteiger partial charge is 0.437 e. The van der Waals surface area contributed by atoms with Crippen molar-refractivity contribution in [3.05, 3.63) is 52.9 Å². The van der Waals surface area contributed by atoms with Crippen LogP contribution in [0.2, 0.25) is 5.02 Å². The molecule has 0 amide bonds. The number of hydrogen-bond donors (Lipinski definition) is 0. The van der Waals surface area contributed by atoms with Crippen LogP contribution in [0.1, 0.15) is 5.56 Å². The van der Waals surface area contributed by atoms with E-state index in [9.17, 15) is 17.6 Å². The number of nitrogens with zero attached hydrogens (tertiary/aromatic N) is 1. The third-order valence-corrected chi connectivity index (χ3v) is 2.42. The van der Waals surface area contributed by atoms with Crippen molar-refractivity contribution in [2.24, 2.45) is 0 Å². The van der Waals surface area contributed by atoms with Crippen LogP contribution in [-0.4, -0.2) is 4.98 Å². The second kappa shape index (κ2) is 5.05. The van der Waals surface area contributed by atoms with Gasteiger partial charge in [-0.25, -0.2) is 9.37 Å². The Labute approximate surface area is 110 Å². The van der Waals surface area contributed by atoms with Crippen molar-refractivity contribution in [3.8, 4) is 11.6 Å². The Morgan fingerprint density at radius 2 is 1.89 bits per heavy atom. The molecule has 0 aliphatic rings. The van der Waals surface area contributed by atoms with E-state index in [1.54, 1.807) is 0 Å². The van der Waals surface area contributed by atoms with Gasteiger partial charge in [0.25, 0.3) is 0 Å². The number of pyridine rings is 1. The molecule has 1 aromatic heterocycles. The Balaban J connectivity index is 2.27. The maximum atomic E-state index is 12.9. The van der Waals surface area contributed by atoms with E-state index in [1.807, 2.05) is 0 Å². The smallest absolute Gasteiger partial charge is 0.417 e. The highest BCUT2D eigenvalue weighted by atomic mass is 35.5. The van der Waals surface area contributed by atoms with Crippen molar-refractivity contribution in [2.45, 2.75) is 6.18 Å². The maximum Gasteiger partial charge on any atom is 0.417 e. The van der Waals surface area contributed by atoms with Gasteiger partial charge in [0.05, 0.1) is 5.56 Å². The van der Waals surface area contributed by atoms with Gasteiger partial charge in [-0.15, -0.1) is 0 Å². The fraction of sp³-hybridized carbons (Fsp3) is 0.0833. The maximum absolute atomic E-state index is 12.9. The lowest BCUT2D eigenvalue weighted by molar-refractivity contribution is -0.137. The van der Waals surface area contributed by atoms with Crippen LogP contribution < -0.4 is 4.74 Å². The van der Waals surface area contributed by atoms with E-state index in [-0.39, 0.29) is 16.7 Å². The zero-order valence-corrected chi connectivity index (χ0v) is 9.97. The van der Waals surface area contributed by atoms with Crippen molar-refractivity contribution in [3.63, 3.8) is 0 Å². The van der Waals surface area contributed by atoms with Crippen molar-refractivity contribution in [2.75, 3.05) is 0 Å². The van der Waals surface area contributed by atoms with Gasteiger partial charge in [0.2, 0.25) is 5.88 Å². The summed E-state index contributed by atoms with van der Waals surface area (Å²) in [4.78, 5) is 3.47. The average Bonchev–Trinajstić information content (AvgIpc) is 2.30. The molecule has 100 valence electrons. The van der Waals surface area contributed by atoms with E-state index in [0.29, 0.717) is 12.3 Å². The molecule has 0 fully saturated rings. The van der Waals surface area contributed by atoms with Crippen LogP contribution >= 0.6 is 11.6 Å². The quantitative estimate of drug-likeness (QED) is 0.749. The van der Waals surface area contributed by atoms with Gasteiger partial charge in [-0.3, -0.25) is 0 Å². The van der Waals surface area contributed by atoms with Gasteiger partial charge in [-0.1, -0.05) is 17.7 Å². The average molecular weight is 292 g/mol. The standard InChI is InChI=1S/C12H6ClF4NO/c13-10-4-7(12(15,16)17)6-18-11(10)19-9-3-1-2-8(14)5-9/h1-6H. The molecule has 2 aromatic rings. The van der Waals surface area contributed by atoms with Crippen LogP contribution in [-0.2, 0) is 6.18 Å². The molecule has 0 atom stereocenters. The Morgan fingerprint density at radius 3 is 2.47 bits per heavy atom. The lowest BCUT2D eigenvalue weighted by atomic mass is 10.3. The number of rotatable bonds is 2. The Kier molecular flexibility index (Phi) is 3.61. The molecule has 2 nitrogen and oxygen atoms in total. The minimum atomic E-state index is -4.53. The molecule has 0 N–H and O–H groups in total. The minimum Gasteiger partial charge on any atom is -0.437 e. The number of hydrogen-bond acceptors (Lipinski definition) is 2. The Hall–Kier alpha value is -1.82. The van der Waals surface area contributed by atoms with Crippen LogP contribution in [0.3, 0.4) is 0 Å². The summed E-state index contributed by atoms with van der Waals surface area (Å²) in [6.45, 7) is 0. The summed E-state index contributed by atoms with van der Waals surface area (Å²) < 4.78 is 55.2. The molecule has 0 saturated heterocycles. The molecule has 0 radical (unpaired) electrons. The second-order valence-electron chi connectivity index (χ2n) is 3.57. The summed E-state index contributed by atoms with van der Waals surface area (Å²) in [5.74, 6) is -0.671. The number of halogens is 5. The molecule has 1 aromatic carbocycles. The normalized spacial score (nSPS) is 11.4. The van der Waals surface area contributed by atoms with Crippen LogP contribution in [0.5, 0.6) is 11.6 Å². The van der Waals surface area contributed by atoms with E-state index in [0.717, 1.165) is 6.07 Å². The van der Waals surface area contributed by atoms with Gasteiger partial charge >= 0.3 is 6.18 Å². The fourth-order valence-corrected chi connectivity index (χ4v) is 1.50. The molecule has 19 heavy (non-hydrogen) atoms. The molecule has 2 rings (SSSR count). The van der Waals surface area contributed by atoms with E-state index in [4.69, 9.17) is 16.3 Å². The zero-order valence-electron chi connectivity index (χ0n) is 9.21. The first-order valence-corrected chi connectivity index (χ1v) is 5.40. The van der Waals surface area contributed by atoms with E-state index < -0.39 is 17.6 Å². The number of benzene rings is 1. The monoisotopic (exact) mass is 291 g/mol. The van der Waals surface area contributed by atoms with E-state index >= 15 is 0 Å². The number of alkyl halides is 3. The lowest BCUT2D eigenvalue weighted by Crippen LogP contribution is -2.05. The molecule has 7 heteroatoms. The zero-order chi connectivity index (χ0) is 14.0. The first-order chi connectivity index (χ1) is 8.86. The fourth-order valence-electron chi connectivity index (χ4n) is 1.30. The predicted molar refractivity (Wildman–Crippen MR) is 60.7 cm³/mol. The van der Waals surface area contributed by atoms with Gasteiger partial charge in [0.15, 0.2) is 0 Å². The van der Waals surface area contributed by atoms with Gasteiger partial charge < -0.3 is 4.74 Å². The van der Waals surface area contributed by atoms with Crippen LogP contribution in [0.4, 0.5) is 17.6 Å². The molecule has 0 bridgehead atoms. The topological polar surface area (TPSA) is 22.1 Å². The Bertz CT molecular complexity index is 601. The van der Waals surface area contributed by atoms with Crippen molar-refractivity contribution >= 4 is 11.6 Å². The first kappa shape index (κ1) is 13.6. The molecule has 0 aliphatic carbocycles. The van der Waals surface area contributed by atoms with Gasteiger partial charge in [-0.2, -0.15) is 13.2 Å². The highest BCUT2D eigenvalue weighted by molar-refractivity contribution is 6.31. The highest BCUT2D eigenvalue weighted by Gasteiger charge is 2.31. The molecule has 0 aliphatic heterocycles. The summed E-state index contributed by atoms with van der Waals surface area (Å²) in [6, 6.07) is 5.79. The summed E-state index contributed by atoms with van der Waals surface area (Å²) in [7, 11) is 0. The van der Waals surface area contributed by atoms with Gasteiger partial charge in [0, 0.05) is 12.3 Å². The SMILES string of the molecule is Fc1cccc(Oc2ncc(C(F)(F)F)cc2Cl)c1. The van der Waals surface area contributed by atoms with Crippen LogP contribution in [0, 0.1) is 5.82 Å². The van der Waals surface area contributed by atoms with Crippen LogP contribution in [0.25, 0.3) is 0 Å². The van der Waals surface area contributed by atoms with Crippen molar-refractivity contribution < 1.29 is 22.3 Å². The van der Waals surface area contributed by atoms with Crippen LogP contribution in [0.15, 0.2) is 36.5 Å². The summed E-state index contributed by atoms with van der Waals surface area (Å²) >= 11 is 5.64. The molecular weight excluding hydrogens is 286 g/mol. The van der Waals surface area contributed by atoms with Crippen molar-refractivity contribution in [1.82, 2.24) is 4.98 Å². The number of ether oxygens (including phenoxy) is 1. The van der Waals surface area contributed by atoms with Gasteiger partial charge in [0.1, 0.15) is 16.6 Å². The Morgan fingerprint density at radius 1 is 1.16 bits per heavy atom. The third-order valence-electron chi connectivity index (χ3n) is 2.15. The predicted octanol–water partition coefficient (Wildman–Crippen LogP) is 4.69. The molecule has 1 heterocycles. The molecule has 0 spiro atoms. The summed E-state index contributed by atoms with van der Waals surface area (Å²) in [5, 5.41) is -0.306. The molecule has 0 saturated carbocycles. The first-order valence-electron chi connectivity index (χ1n) is 5.02. The molecular formula is C12H6ClF4NO. The van der Waals surface area contributed by atoms with Crippen molar-refractivity contribution in [1.29, 1.82) is 0 Å². The third kappa shape index (κ3) is 3.35. The summed E-state index contributed by atoms with van der Waals surface area (Å²) in [6.07, 6.45) is -3.94. The minimum absolute atomic E-state index is 0.0918. The van der Waals surface area contributed by atoms with E-state index in [2.05, 4.69) is 4.98 Å². The highest BCUT2D eigenvalue weighted by Crippen LogP contribution is 2.34. The molecule has 0 unspecified atom stereocenters. The second-order valence-corrected chi connectivity index (χ2v) is 3.98. The van der Waals surface area contributed by atoms with Gasteiger partial charge in [-0.05, 0) is 18.2 Å². The van der Waals surface area contributed by atoms with E-state index in [1.165, 1.54) is 18.2 Å².